The Bertz CT molecular complexity index is 1580. The highest BCUT2D eigenvalue weighted by atomic mass is 16.6. The summed E-state index contributed by atoms with van der Waals surface area (Å²) in [5.41, 5.74) is 0. The van der Waals surface area contributed by atoms with Gasteiger partial charge in [-0.2, -0.15) is 0 Å². The van der Waals surface area contributed by atoms with Gasteiger partial charge in [-0.05, 0) is 96.3 Å². The number of allylic oxidation sites excluding steroid dienone is 16. The highest BCUT2D eigenvalue weighted by Gasteiger charge is 2.19. The van der Waals surface area contributed by atoms with Crippen LogP contribution in [0, 0.1) is 0 Å². The third kappa shape index (κ3) is 67.0. The molecule has 0 saturated heterocycles. The molecule has 0 heterocycles. The number of esters is 3. The van der Waals surface area contributed by atoms with Crippen molar-refractivity contribution in [3.05, 3.63) is 97.2 Å². The third-order valence-electron chi connectivity index (χ3n) is 15.1. The van der Waals surface area contributed by atoms with Gasteiger partial charge in [-0.25, -0.2) is 0 Å². The van der Waals surface area contributed by atoms with Gasteiger partial charge in [0.15, 0.2) is 6.10 Å². The molecular formula is C75H130O6. The first-order valence-electron chi connectivity index (χ1n) is 34.7. The quantitative estimate of drug-likeness (QED) is 0.0261. The van der Waals surface area contributed by atoms with Crippen LogP contribution in [-0.4, -0.2) is 37.2 Å². The standard InChI is InChI=1S/C75H130O6/c1-4-7-10-13-16-19-22-25-28-31-33-34-35-36-37-38-39-40-42-44-47-50-53-56-59-62-65-68-74(77)80-71-72(70-79-73(76)67-64-61-58-55-52-49-46-43-30-27-24-21-18-15-12-9-6-3)81-75(78)69-66-63-60-57-54-51-48-45-41-32-29-26-23-20-17-14-11-8-5-2/h7-8,10-11,16-17,19-20,25-26,28-29,33-34,41,45,72H,4-6,9,12-15,18,21-24,27,30-32,35-40,42-44,46-71H2,1-3H3/b10-7-,11-8-,19-16-,20-17-,28-25-,29-26-,34-33-,45-41-. The molecule has 0 saturated carbocycles. The van der Waals surface area contributed by atoms with Crippen molar-refractivity contribution in [2.24, 2.45) is 0 Å². The molecule has 0 N–H and O–H groups in total. The Kier molecular flexibility index (Phi) is 65.7. The molecule has 0 aliphatic heterocycles. The van der Waals surface area contributed by atoms with E-state index in [1.807, 2.05) is 0 Å². The number of hydrogen-bond acceptors (Lipinski definition) is 6. The lowest BCUT2D eigenvalue weighted by Gasteiger charge is -2.18. The van der Waals surface area contributed by atoms with E-state index < -0.39 is 6.10 Å². The lowest BCUT2D eigenvalue weighted by Crippen LogP contribution is -2.30. The first kappa shape index (κ1) is 77.3. The van der Waals surface area contributed by atoms with Crippen LogP contribution in [0.25, 0.3) is 0 Å². The van der Waals surface area contributed by atoms with E-state index in [0.717, 1.165) is 122 Å². The Morgan fingerprint density at radius 3 is 0.753 bits per heavy atom. The predicted molar refractivity (Wildman–Crippen MR) is 353 cm³/mol. The third-order valence-corrected chi connectivity index (χ3v) is 15.1. The maximum Gasteiger partial charge on any atom is 0.306 e. The van der Waals surface area contributed by atoms with Gasteiger partial charge in [0.1, 0.15) is 13.2 Å². The fraction of sp³-hybridized carbons (Fsp3) is 0.747. The van der Waals surface area contributed by atoms with Crippen LogP contribution in [0.15, 0.2) is 97.2 Å². The average Bonchev–Trinajstić information content (AvgIpc) is 3.47. The monoisotopic (exact) mass is 1130 g/mol. The Morgan fingerprint density at radius 2 is 0.481 bits per heavy atom. The molecule has 0 aliphatic rings. The van der Waals surface area contributed by atoms with Gasteiger partial charge in [0.2, 0.25) is 0 Å². The smallest absolute Gasteiger partial charge is 0.306 e. The van der Waals surface area contributed by atoms with Crippen LogP contribution >= 0.6 is 0 Å². The number of hydrogen-bond donors (Lipinski definition) is 0. The van der Waals surface area contributed by atoms with Gasteiger partial charge in [0.25, 0.3) is 0 Å². The highest BCUT2D eigenvalue weighted by Crippen LogP contribution is 2.18. The van der Waals surface area contributed by atoms with Gasteiger partial charge in [-0.15, -0.1) is 0 Å². The minimum absolute atomic E-state index is 0.0795. The Hall–Kier alpha value is -3.67. The molecule has 0 fully saturated rings. The zero-order chi connectivity index (χ0) is 58.5. The van der Waals surface area contributed by atoms with Crippen LogP contribution in [0.4, 0.5) is 0 Å². The molecule has 0 spiro atoms. The average molecular weight is 1130 g/mol. The summed E-state index contributed by atoms with van der Waals surface area (Å²) < 4.78 is 17.0. The molecule has 466 valence electrons. The van der Waals surface area contributed by atoms with Crippen LogP contribution in [0.2, 0.25) is 0 Å². The van der Waals surface area contributed by atoms with Gasteiger partial charge in [0.05, 0.1) is 0 Å². The second-order valence-electron chi connectivity index (χ2n) is 23.0. The van der Waals surface area contributed by atoms with Crippen LogP contribution in [0.5, 0.6) is 0 Å². The second kappa shape index (κ2) is 68.8. The zero-order valence-electron chi connectivity index (χ0n) is 53.5. The fourth-order valence-electron chi connectivity index (χ4n) is 9.96. The van der Waals surface area contributed by atoms with E-state index in [-0.39, 0.29) is 31.1 Å². The van der Waals surface area contributed by atoms with E-state index in [0.29, 0.717) is 19.3 Å². The number of carbonyl (C=O) groups is 3. The highest BCUT2D eigenvalue weighted by molar-refractivity contribution is 5.71. The number of unbranched alkanes of at least 4 members (excludes halogenated alkanes) is 36. The molecule has 0 aliphatic carbocycles. The van der Waals surface area contributed by atoms with E-state index in [1.54, 1.807) is 0 Å². The molecule has 0 rings (SSSR count). The van der Waals surface area contributed by atoms with Crippen molar-refractivity contribution in [1.29, 1.82) is 0 Å². The fourth-order valence-corrected chi connectivity index (χ4v) is 9.96. The second-order valence-corrected chi connectivity index (χ2v) is 23.0. The van der Waals surface area contributed by atoms with Crippen LogP contribution in [0.3, 0.4) is 0 Å². The molecule has 6 heteroatoms. The molecule has 0 aromatic carbocycles. The number of ether oxygens (including phenoxy) is 3. The first-order chi connectivity index (χ1) is 40.0. The lowest BCUT2D eigenvalue weighted by atomic mass is 10.0. The molecule has 0 bridgehead atoms. The van der Waals surface area contributed by atoms with Crippen LogP contribution in [-0.2, 0) is 28.6 Å². The maximum absolute atomic E-state index is 12.9. The van der Waals surface area contributed by atoms with E-state index in [2.05, 4.69) is 118 Å². The summed E-state index contributed by atoms with van der Waals surface area (Å²) in [5.74, 6) is -0.876. The normalized spacial score (nSPS) is 12.7. The molecule has 1 unspecified atom stereocenters. The molecule has 1 atom stereocenters. The van der Waals surface area contributed by atoms with E-state index in [4.69, 9.17) is 14.2 Å². The molecule has 81 heavy (non-hydrogen) atoms. The van der Waals surface area contributed by atoms with E-state index in [1.165, 1.54) is 180 Å². The van der Waals surface area contributed by atoms with Crippen molar-refractivity contribution in [2.75, 3.05) is 13.2 Å². The van der Waals surface area contributed by atoms with Crippen LogP contribution in [0.1, 0.15) is 342 Å². The summed E-state index contributed by atoms with van der Waals surface area (Å²) >= 11 is 0. The van der Waals surface area contributed by atoms with Crippen molar-refractivity contribution in [3.63, 3.8) is 0 Å². The summed E-state index contributed by atoms with van der Waals surface area (Å²) in [6.45, 7) is 6.45. The molecule has 6 nitrogen and oxygen atoms in total. The number of rotatable bonds is 63. The van der Waals surface area contributed by atoms with Crippen molar-refractivity contribution in [1.82, 2.24) is 0 Å². The number of carbonyl (C=O) groups excluding carboxylic acids is 3. The van der Waals surface area contributed by atoms with Gasteiger partial charge < -0.3 is 14.2 Å². The Morgan fingerprint density at radius 1 is 0.259 bits per heavy atom. The zero-order valence-corrected chi connectivity index (χ0v) is 53.5. The van der Waals surface area contributed by atoms with Gasteiger partial charge in [0, 0.05) is 19.3 Å². The predicted octanol–water partition coefficient (Wildman–Crippen LogP) is 24.0. The Balaban J connectivity index is 4.33. The van der Waals surface area contributed by atoms with Crippen molar-refractivity contribution < 1.29 is 28.6 Å². The largest absolute Gasteiger partial charge is 0.462 e. The van der Waals surface area contributed by atoms with Gasteiger partial charge >= 0.3 is 17.9 Å². The Labute approximate surface area is 502 Å². The van der Waals surface area contributed by atoms with Crippen molar-refractivity contribution in [2.45, 2.75) is 348 Å². The molecule has 0 amide bonds. The SMILES string of the molecule is CC/C=C\C/C=C\C/C=C\C/C=C\CCCCCCCCCCCCCCCCC(=O)OCC(COC(=O)CCCCCCCCCCCCCCCCCCC)OC(=O)CCCCCCCC/C=C\C/C=C\C/C=C\C/C=C\CC. The minimum Gasteiger partial charge on any atom is -0.462 e. The first-order valence-corrected chi connectivity index (χ1v) is 34.7. The van der Waals surface area contributed by atoms with E-state index >= 15 is 0 Å². The molecule has 0 radical (unpaired) electrons. The van der Waals surface area contributed by atoms with Crippen LogP contribution < -0.4 is 0 Å². The summed E-state index contributed by atoms with van der Waals surface area (Å²) in [7, 11) is 0. The summed E-state index contributed by atoms with van der Waals surface area (Å²) in [6.07, 6.45) is 92.8. The summed E-state index contributed by atoms with van der Waals surface area (Å²) in [4.78, 5) is 38.5. The van der Waals surface area contributed by atoms with Gasteiger partial charge in [-0.3, -0.25) is 14.4 Å². The van der Waals surface area contributed by atoms with Crippen molar-refractivity contribution >= 4 is 17.9 Å². The molecule has 0 aromatic heterocycles. The molecule has 0 aromatic rings. The maximum atomic E-state index is 12.9. The lowest BCUT2D eigenvalue weighted by molar-refractivity contribution is -0.167. The topological polar surface area (TPSA) is 78.9 Å². The van der Waals surface area contributed by atoms with E-state index in [9.17, 15) is 14.4 Å². The summed E-state index contributed by atoms with van der Waals surface area (Å²) in [5, 5.41) is 0. The van der Waals surface area contributed by atoms with Crippen molar-refractivity contribution in [3.8, 4) is 0 Å². The summed E-state index contributed by atoms with van der Waals surface area (Å²) in [6, 6.07) is 0. The minimum atomic E-state index is -0.786. The van der Waals surface area contributed by atoms with Gasteiger partial charge in [-0.1, -0.05) is 323 Å². The molecular weight excluding hydrogens is 997 g/mol.